The summed E-state index contributed by atoms with van der Waals surface area (Å²) in [6.45, 7) is 4.98. The maximum atomic E-state index is 5.95. The number of methoxy groups -OCH3 is 2. The van der Waals surface area contributed by atoms with E-state index in [0.29, 0.717) is 12.6 Å². The Morgan fingerprint density at radius 1 is 1.21 bits per heavy atom. The second-order valence-corrected chi connectivity index (χ2v) is 4.79. The van der Waals surface area contributed by atoms with Crippen LogP contribution in [-0.4, -0.2) is 38.8 Å². The van der Waals surface area contributed by atoms with Gasteiger partial charge in [0.1, 0.15) is 0 Å². The fourth-order valence-corrected chi connectivity index (χ4v) is 2.19. The predicted molar refractivity (Wildman–Crippen MR) is 78.9 cm³/mol. The van der Waals surface area contributed by atoms with E-state index in [1.54, 1.807) is 14.2 Å². The second kappa shape index (κ2) is 7.36. The zero-order valence-corrected chi connectivity index (χ0v) is 12.6. The highest BCUT2D eigenvalue weighted by Crippen LogP contribution is 2.31. The van der Waals surface area contributed by atoms with Gasteiger partial charge in [-0.1, -0.05) is 13.0 Å². The summed E-state index contributed by atoms with van der Waals surface area (Å²) in [6, 6.07) is 6.67. The molecule has 0 aliphatic carbocycles. The van der Waals surface area contributed by atoms with Crippen LogP contribution in [0.5, 0.6) is 11.5 Å². The first-order valence-electron chi connectivity index (χ1n) is 6.72. The SMILES string of the molecule is CCC(C)N(C)C(CN)c1ccc(OC)c(OC)c1. The topological polar surface area (TPSA) is 47.7 Å². The van der Waals surface area contributed by atoms with E-state index in [0.717, 1.165) is 23.5 Å². The standard InChI is InChI=1S/C15H26N2O2/c1-6-11(2)17(3)13(10-16)12-7-8-14(18-4)15(9-12)19-5/h7-9,11,13H,6,10,16H2,1-5H3. The Balaban J connectivity index is 3.05. The molecule has 0 aliphatic heterocycles. The Kier molecular flexibility index (Phi) is 6.12. The Morgan fingerprint density at radius 3 is 2.32 bits per heavy atom. The predicted octanol–water partition coefficient (Wildman–Crippen LogP) is 2.43. The Morgan fingerprint density at radius 2 is 1.84 bits per heavy atom. The van der Waals surface area contributed by atoms with Crippen LogP contribution in [0.4, 0.5) is 0 Å². The summed E-state index contributed by atoms with van der Waals surface area (Å²) in [7, 11) is 5.41. The molecule has 4 nitrogen and oxygen atoms in total. The maximum Gasteiger partial charge on any atom is 0.161 e. The summed E-state index contributed by atoms with van der Waals surface area (Å²) >= 11 is 0. The molecule has 1 aromatic carbocycles. The van der Waals surface area contributed by atoms with Gasteiger partial charge in [-0.25, -0.2) is 0 Å². The highest BCUT2D eigenvalue weighted by atomic mass is 16.5. The molecule has 1 rings (SSSR count). The van der Waals surface area contributed by atoms with Crippen molar-refractivity contribution in [2.45, 2.75) is 32.4 Å². The number of hydrogen-bond donors (Lipinski definition) is 1. The van der Waals surface area contributed by atoms with Crippen LogP contribution >= 0.6 is 0 Å². The third kappa shape index (κ3) is 3.61. The van der Waals surface area contributed by atoms with Crippen molar-refractivity contribution in [3.05, 3.63) is 23.8 Å². The Bertz CT molecular complexity index is 396. The largest absolute Gasteiger partial charge is 0.493 e. The Labute approximate surface area is 116 Å². The minimum Gasteiger partial charge on any atom is -0.493 e. The van der Waals surface area contributed by atoms with Gasteiger partial charge in [0.15, 0.2) is 11.5 Å². The van der Waals surface area contributed by atoms with E-state index in [1.807, 2.05) is 12.1 Å². The highest BCUT2D eigenvalue weighted by Gasteiger charge is 2.20. The first-order chi connectivity index (χ1) is 9.08. The van der Waals surface area contributed by atoms with Gasteiger partial charge in [-0.15, -0.1) is 0 Å². The van der Waals surface area contributed by atoms with Gasteiger partial charge in [-0.3, -0.25) is 4.90 Å². The van der Waals surface area contributed by atoms with Crippen molar-refractivity contribution in [1.29, 1.82) is 0 Å². The van der Waals surface area contributed by atoms with Gasteiger partial charge in [0.25, 0.3) is 0 Å². The van der Waals surface area contributed by atoms with E-state index in [-0.39, 0.29) is 6.04 Å². The summed E-state index contributed by atoms with van der Waals surface area (Å²) in [5.41, 5.74) is 7.10. The summed E-state index contributed by atoms with van der Waals surface area (Å²) in [5.74, 6) is 1.49. The van der Waals surface area contributed by atoms with Crippen LogP contribution in [0.1, 0.15) is 31.9 Å². The zero-order valence-electron chi connectivity index (χ0n) is 12.6. The number of benzene rings is 1. The molecule has 2 unspecified atom stereocenters. The molecule has 4 heteroatoms. The normalized spacial score (nSPS) is 14.3. The maximum absolute atomic E-state index is 5.95. The molecule has 0 saturated carbocycles. The minimum absolute atomic E-state index is 0.190. The first kappa shape index (κ1) is 15.8. The quantitative estimate of drug-likeness (QED) is 0.823. The van der Waals surface area contributed by atoms with Crippen molar-refractivity contribution < 1.29 is 9.47 Å². The number of ether oxygens (including phenoxy) is 2. The summed E-state index contributed by atoms with van der Waals surface area (Å²) in [6.07, 6.45) is 1.10. The molecule has 1 aromatic rings. The molecular weight excluding hydrogens is 240 g/mol. The van der Waals surface area contributed by atoms with E-state index in [4.69, 9.17) is 15.2 Å². The van der Waals surface area contributed by atoms with Crippen LogP contribution in [0.15, 0.2) is 18.2 Å². The number of hydrogen-bond acceptors (Lipinski definition) is 4. The van der Waals surface area contributed by atoms with Crippen molar-refractivity contribution in [3.8, 4) is 11.5 Å². The average Bonchev–Trinajstić information content (AvgIpc) is 2.46. The van der Waals surface area contributed by atoms with Gasteiger partial charge in [0, 0.05) is 18.6 Å². The third-order valence-corrected chi connectivity index (χ3v) is 3.79. The van der Waals surface area contributed by atoms with Gasteiger partial charge in [-0.2, -0.15) is 0 Å². The lowest BCUT2D eigenvalue weighted by molar-refractivity contribution is 0.184. The van der Waals surface area contributed by atoms with E-state index in [9.17, 15) is 0 Å². The van der Waals surface area contributed by atoms with Gasteiger partial charge in [0.2, 0.25) is 0 Å². The van der Waals surface area contributed by atoms with Crippen molar-refractivity contribution in [2.24, 2.45) is 5.73 Å². The molecule has 0 bridgehead atoms. The zero-order chi connectivity index (χ0) is 14.4. The molecule has 0 heterocycles. The molecule has 2 atom stereocenters. The van der Waals surface area contributed by atoms with Crippen LogP contribution in [0.25, 0.3) is 0 Å². The number of rotatable bonds is 7. The van der Waals surface area contributed by atoms with Crippen molar-refractivity contribution in [2.75, 3.05) is 27.8 Å². The van der Waals surface area contributed by atoms with E-state index >= 15 is 0 Å². The lowest BCUT2D eigenvalue weighted by atomic mass is 10.0. The van der Waals surface area contributed by atoms with E-state index in [2.05, 4.69) is 31.9 Å². The van der Waals surface area contributed by atoms with Crippen LogP contribution in [0, 0.1) is 0 Å². The number of likely N-dealkylation sites (N-methyl/N-ethyl adjacent to an activating group) is 1. The van der Waals surface area contributed by atoms with Gasteiger partial charge in [0.05, 0.1) is 14.2 Å². The molecule has 0 radical (unpaired) electrons. The molecule has 108 valence electrons. The fraction of sp³-hybridized carbons (Fsp3) is 0.600. The van der Waals surface area contributed by atoms with Gasteiger partial charge < -0.3 is 15.2 Å². The monoisotopic (exact) mass is 266 g/mol. The first-order valence-corrected chi connectivity index (χ1v) is 6.72. The number of nitrogens with zero attached hydrogens (tertiary/aromatic N) is 1. The number of nitrogens with two attached hydrogens (primary N) is 1. The van der Waals surface area contributed by atoms with E-state index < -0.39 is 0 Å². The lowest BCUT2D eigenvalue weighted by Crippen LogP contribution is -2.36. The molecule has 0 aliphatic rings. The molecular formula is C15H26N2O2. The molecule has 2 N–H and O–H groups in total. The van der Waals surface area contributed by atoms with Crippen molar-refractivity contribution >= 4 is 0 Å². The van der Waals surface area contributed by atoms with Crippen molar-refractivity contribution in [3.63, 3.8) is 0 Å². The van der Waals surface area contributed by atoms with E-state index in [1.165, 1.54) is 0 Å². The summed E-state index contributed by atoms with van der Waals surface area (Å²) < 4.78 is 10.6. The Hall–Kier alpha value is -1.26. The fourth-order valence-electron chi connectivity index (χ4n) is 2.19. The summed E-state index contributed by atoms with van der Waals surface area (Å²) in [5, 5.41) is 0. The minimum atomic E-state index is 0.190. The second-order valence-electron chi connectivity index (χ2n) is 4.79. The molecule has 0 amide bonds. The molecule has 0 fully saturated rings. The lowest BCUT2D eigenvalue weighted by Gasteiger charge is -2.32. The van der Waals surface area contributed by atoms with Crippen molar-refractivity contribution in [1.82, 2.24) is 4.90 Å². The highest BCUT2D eigenvalue weighted by molar-refractivity contribution is 5.43. The molecule has 19 heavy (non-hydrogen) atoms. The summed E-state index contributed by atoms with van der Waals surface area (Å²) in [4.78, 5) is 2.31. The van der Waals surface area contributed by atoms with Crippen LogP contribution in [-0.2, 0) is 0 Å². The molecule has 0 spiro atoms. The van der Waals surface area contributed by atoms with Gasteiger partial charge >= 0.3 is 0 Å². The molecule has 0 saturated heterocycles. The molecule has 0 aromatic heterocycles. The average molecular weight is 266 g/mol. The van der Waals surface area contributed by atoms with Crippen LogP contribution in [0.3, 0.4) is 0 Å². The third-order valence-electron chi connectivity index (χ3n) is 3.79. The van der Waals surface area contributed by atoms with Crippen LogP contribution < -0.4 is 15.2 Å². The smallest absolute Gasteiger partial charge is 0.161 e. The van der Waals surface area contributed by atoms with Gasteiger partial charge in [-0.05, 0) is 38.1 Å². The van der Waals surface area contributed by atoms with Crippen LogP contribution in [0.2, 0.25) is 0 Å².